The van der Waals surface area contributed by atoms with Crippen LogP contribution in [-0.2, 0) is 16.6 Å². The number of nitrogens with one attached hydrogen (secondary N) is 1. The summed E-state index contributed by atoms with van der Waals surface area (Å²) in [6.45, 7) is 0.0806. The number of nitrogen functional groups attached to an aromatic ring is 1. The third-order valence-electron chi connectivity index (χ3n) is 2.35. The number of rotatable bonds is 4. The molecule has 19 heavy (non-hydrogen) atoms. The molecule has 0 aliphatic rings. The molecule has 2 rings (SSSR count). The Balaban J connectivity index is 2.29. The molecule has 0 saturated carbocycles. The SMILES string of the molecule is Nc1cc(Cl)cc(Cl)c1S(=O)(=O)NCc1ccoc1. The predicted octanol–water partition coefficient (Wildman–Crippen LogP) is 2.65. The summed E-state index contributed by atoms with van der Waals surface area (Å²) in [5, 5.41) is 0.251. The second-order valence-corrected chi connectivity index (χ2v) is 6.31. The van der Waals surface area contributed by atoms with E-state index in [9.17, 15) is 8.42 Å². The van der Waals surface area contributed by atoms with Gasteiger partial charge in [-0.2, -0.15) is 0 Å². The van der Waals surface area contributed by atoms with E-state index in [2.05, 4.69) is 4.72 Å². The lowest BCUT2D eigenvalue weighted by atomic mass is 10.3. The first-order chi connectivity index (χ1) is 8.90. The molecular weight excluding hydrogens is 311 g/mol. The van der Waals surface area contributed by atoms with E-state index < -0.39 is 10.0 Å². The lowest BCUT2D eigenvalue weighted by Crippen LogP contribution is -2.24. The van der Waals surface area contributed by atoms with E-state index in [1.807, 2.05) is 0 Å². The molecule has 8 heteroatoms. The lowest BCUT2D eigenvalue weighted by molar-refractivity contribution is 0.561. The van der Waals surface area contributed by atoms with Gasteiger partial charge in [-0.1, -0.05) is 23.2 Å². The molecule has 5 nitrogen and oxygen atoms in total. The molecule has 2 aromatic rings. The Hall–Kier alpha value is -1.21. The van der Waals surface area contributed by atoms with Crippen molar-refractivity contribution < 1.29 is 12.8 Å². The van der Waals surface area contributed by atoms with Gasteiger partial charge in [0.2, 0.25) is 10.0 Å². The van der Waals surface area contributed by atoms with Crippen LogP contribution in [0.3, 0.4) is 0 Å². The van der Waals surface area contributed by atoms with Crippen molar-refractivity contribution in [1.29, 1.82) is 0 Å². The van der Waals surface area contributed by atoms with Crippen LogP contribution in [0, 0.1) is 0 Å². The zero-order valence-corrected chi connectivity index (χ0v) is 11.9. The molecule has 0 aliphatic carbocycles. The van der Waals surface area contributed by atoms with Crippen LogP contribution in [0.2, 0.25) is 10.0 Å². The molecule has 0 atom stereocenters. The predicted molar refractivity (Wildman–Crippen MR) is 73.6 cm³/mol. The Labute approximate surface area is 120 Å². The highest BCUT2D eigenvalue weighted by Crippen LogP contribution is 2.31. The van der Waals surface area contributed by atoms with Crippen molar-refractivity contribution in [2.24, 2.45) is 0 Å². The van der Waals surface area contributed by atoms with Crippen LogP contribution >= 0.6 is 23.2 Å². The average molecular weight is 321 g/mol. The van der Waals surface area contributed by atoms with Crippen molar-refractivity contribution in [2.75, 3.05) is 5.73 Å². The van der Waals surface area contributed by atoms with Gasteiger partial charge in [0.05, 0.1) is 23.2 Å². The summed E-state index contributed by atoms with van der Waals surface area (Å²) in [6.07, 6.45) is 2.89. The van der Waals surface area contributed by atoms with Crippen molar-refractivity contribution >= 4 is 38.9 Å². The zero-order chi connectivity index (χ0) is 14.0. The summed E-state index contributed by atoms with van der Waals surface area (Å²) in [4.78, 5) is -0.179. The third kappa shape index (κ3) is 3.22. The summed E-state index contributed by atoms with van der Waals surface area (Å²) in [6, 6.07) is 4.31. The first kappa shape index (κ1) is 14.2. The maximum atomic E-state index is 12.1. The Morgan fingerprint density at radius 3 is 2.63 bits per heavy atom. The van der Waals surface area contributed by atoms with Crippen molar-refractivity contribution in [3.05, 3.63) is 46.3 Å². The molecular formula is C11H10Cl2N2O3S. The molecule has 0 bridgehead atoms. The van der Waals surface area contributed by atoms with Crippen LogP contribution in [0.1, 0.15) is 5.56 Å². The first-order valence-corrected chi connectivity index (χ1v) is 7.39. The number of furan rings is 1. The molecule has 0 saturated heterocycles. The van der Waals surface area contributed by atoms with Gasteiger partial charge in [-0.25, -0.2) is 13.1 Å². The largest absolute Gasteiger partial charge is 0.472 e. The number of benzene rings is 1. The molecule has 0 radical (unpaired) electrons. The van der Waals surface area contributed by atoms with Crippen molar-refractivity contribution in [3.63, 3.8) is 0 Å². The van der Waals surface area contributed by atoms with Crippen LogP contribution in [-0.4, -0.2) is 8.42 Å². The topological polar surface area (TPSA) is 85.3 Å². The van der Waals surface area contributed by atoms with E-state index in [1.165, 1.54) is 24.7 Å². The highest BCUT2D eigenvalue weighted by atomic mass is 35.5. The van der Waals surface area contributed by atoms with Gasteiger partial charge < -0.3 is 10.2 Å². The standard InChI is InChI=1S/C11H10Cl2N2O3S/c12-8-3-9(13)11(10(14)4-8)19(16,17)15-5-7-1-2-18-6-7/h1-4,6,15H,5,14H2. The van der Waals surface area contributed by atoms with Gasteiger partial charge >= 0.3 is 0 Å². The van der Waals surface area contributed by atoms with Gasteiger partial charge in [0.1, 0.15) is 4.90 Å². The van der Waals surface area contributed by atoms with E-state index >= 15 is 0 Å². The Kier molecular flexibility index (Phi) is 4.05. The van der Waals surface area contributed by atoms with E-state index in [1.54, 1.807) is 6.07 Å². The highest BCUT2D eigenvalue weighted by molar-refractivity contribution is 7.89. The number of hydrogen-bond acceptors (Lipinski definition) is 4. The number of halogens is 2. The number of hydrogen-bond donors (Lipinski definition) is 2. The van der Waals surface area contributed by atoms with Crippen LogP contribution in [0.15, 0.2) is 40.0 Å². The molecule has 0 aliphatic heterocycles. The van der Waals surface area contributed by atoms with Gasteiger partial charge in [0.25, 0.3) is 0 Å². The fraction of sp³-hybridized carbons (Fsp3) is 0.0909. The average Bonchev–Trinajstić information content (AvgIpc) is 2.77. The van der Waals surface area contributed by atoms with Gasteiger partial charge in [-0.05, 0) is 18.2 Å². The molecule has 1 heterocycles. The van der Waals surface area contributed by atoms with E-state index in [0.717, 1.165) is 0 Å². The maximum absolute atomic E-state index is 12.1. The zero-order valence-electron chi connectivity index (χ0n) is 9.56. The van der Waals surface area contributed by atoms with E-state index in [-0.39, 0.29) is 27.2 Å². The Bertz CT molecular complexity index is 661. The number of sulfonamides is 1. The quantitative estimate of drug-likeness (QED) is 0.848. The minimum atomic E-state index is -3.82. The third-order valence-corrected chi connectivity index (χ3v) is 4.50. The molecule has 102 valence electrons. The summed E-state index contributed by atoms with van der Waals surface area (Å²) in [5.41, 5.74) is 6.34. The van der Waals surface area contributed by atoms with Crippen molar-refractivity contribution in [3.8, 4) is 0 Å². The van der Waals surface area contributed by atoms with Gasteiger partial charge in [0, 0.05) is 17.1 Å². The van der Waals surface area contributed by atoms with Crippen LogP contribution in [0.4, 0.5) is 5.69 Å². The summed E-state index contributed by atoms with van der Waals surface area (Å²) in [5.74, 6) is 0. The number of anilines is 1. The maximum Gasteiger partial charge on any atom is 0.244 e. The first-order valence-electron chi connectivity index (χ1n) is 5.15. The molecule has 0 unspecified atom stereocenters. The van der Waals surface area contributed by atoms with Crippen LogP contribution in [0.25, 0.3) is 0 Å². The van der Waals surface area contributed by atoms with Crippen LogP contribution < -0.4 is 10.5 Å². The normalized spacial score (nSPS) is 11.7. The molecule has 1 aromatic carbocycles. The molecule has 1 aromatic heterocycles. The van der Waals surface area contributed by atoms with Gasteiger partial charge in [-0.3, -0.25) is 0 Å². The Morgan fingerprint density at radius 2 is 2.05 bits per heavy atom. The minimum absolute atomic E-state index is 0.00260. The molecule has 0 spiro atoms. The van der Waals surface area contributed by atoms with Crippen LogP contribution in [0.5, 0.6) is 0 Å². The smallest absolute Gasteiger partial charge is 0.244 e. The second-order valence-electron chi connectivity index (χ2n) is 3.76. The van der Waals surface area contributed by atoms with E-state index in [4.69, 9.17) is 33.4 Å². The Morgan fingerprint density at radius 1 is 1.32 bits per heavy atom. The number of nitrogens with two attached hydrogens (primary N) is 1. The molecule has 0 fully saturated rings. The van der Waals surface area contributed by atoms with Gasteiger partial charge in [0.15, 0.2) is 0 Å². The summed E-state index contributed by atoms with van der Waals surface area (Å²) >= 11 is 11.6. The van der Waals surface area contributed by atoms with Crippen molar-refractivity contribution in [2.45, 2.75) is 11.4 Å². The van der Waals surface area contributed by atoms with Crippen molar-refractivity contribution in [1.82, 2.24) is 4.72 Å². The second kappa shape index (κ2) is 5.42. The fourth-order valence-electron chi connectivity index (χ4n) is 1.51. The van der Waals surface area contributed by atoms with Gasteiger partial charge in [-0.15, -0.1) is 0 Å². The summed E-state index contributed by atoms with van der Waals surface area (Å²) in [7, 11) is -3.82. The molecule has 0 amide bonds. The highest BCUT2D eigenvalue weighted by Gasteiger charge is 2.21. The minimum Gasteiger partial charge on any atom is -0.472 e. The fourth-order valence-corrected chi connectivity index (χ4v) is 3.51. The summed E-state index contributed by atoms with van der Waals surface area (Å²) < 4.78 is 31.5. The van der Waals surface area contributed by atoms with E-state index in [0.29, 0.717) is 5.56 Å². The lowest BCUT2D eigenvalue weighted by Gasteiger charge is -2.10. The molecule has 3 N–H and O–H groups in total. The monoisotopic (exact) mass is 320 g/mol.